The first-order valence-corrected chi connectivity index (χ1v) is 4.64. The normalized spacial score (nSPS) is 10.0. The zero-order valence-corrected chi connectivity index (χ0v) is 8.80. The molecule has 0 aliphatic rings. The summed E-state index contributed by atoms with van der Waals surface area (Å²) in [6.07, 6.45) is 7.74. The molecule has 0 unspecified atom stereocenters. The first-order chi connectivity index (χ1) is 5.81. The third-order valence-electron chi connectivity index (χ3n) is 1.07. The average molecular weight is 167 g/mol. The van der Waals surface area contributed by atoms with Gasteiger partial charge in [0, 0.05) is 11.9 Å². The fourth-order valence-corrected chi connectivity index (χ4v) is 0.588. The van der Waals surface area contributed by atoms with Crippen molar-refractivity contribution in [1.29, 1.82) is 0 Å². The van der Waals surface area contributed by atoms with Gasteiger partial charge in [-0.1, -0.05) is 39.8 Å². The fourth-order valence-electron chi connectivity index (χ4n) is 0.588. The van der Waals surface area contributed by atoms with E-state index in [1.807, 2.05) is 32.9 Å². The van der Waals surface area contributed by atoms with Crippen LogP contribution in [0.25, 0.3) is 0 Å². The van der Waals surface area contributed by atoms with Gasteiger partial charge in [-0.3, -0.25) is 4.99 Å². The molecule has 0 aliphatic heterocycles. The largest absolute Gasteiger partial charge is 0.262 e. The molecule has 0 radical (unpaired) electrons. The summed E-state index contributed by atoms with van der Waals surface area (Å²) in [4.78, 5) is 4.10. The lowest BCUT2D eigenvalue weighted by Crippen LogP contribution is -1.74. The minimum atomic E-state index is 0.959. The predicted molar refractivity (Wildman–Crippen MR) is 58.7 cm³/mol. The molecule has 0 amide bonds. The average Bonchev–Trinajstić information content (AvgIpc) is 2.09. The Morgan fingerprint density at radius 3 is 2.42 bits per heavy atom. The summed E-state index contributed by atoms with van der Waals surface area (Å²) in [5.41, 5.74) is 0.959. The molecule has 0 heterocycles. The van der Waals surface area contributed by atoms with Crippen molar-refractivity contribution in [3.8, 4) is 0 Å². The van der Waals surface area contributed by atoms with Crippen LogP contribution in [0.3, 0.4) is 0 Å². The summed E-state index contributed by atoms with van der Waals surface area (Å²) in [6, 6.07) is 0. The fraction of sp³-hybridized carbons (Fsp3) is 0.545. The Morgan fingerprint density at radius 2 is 2.00 bits per heavy atom. The second-order valence-electron chi connectivity index (χ2n) is 2.12. The van der Waals surface area contributed by atoms with E-state index in [-0.39, 0.29) is 0 Å². The van der Waals surface area contributed by atoms with Crippen LogP contribution in [0.5, 0.6) is 0 Å². The van der Waals surface area contributed by atoms with Crippen molar-refractivity contribution >= 4 is 6.21 Å². The Labute approximate surface area is 76.9 Å². The van der Waals surface area contributed by atoms with Crippen molar-refractivity contribution in [2.75, 3.05) is 0 Å². The zero-order chi connectivity index (χ0) is 9.82. The molecule has 0 aliphatic carbocycles. The Bertz CT molecular complexity index is 143. The van der Waals surface area contributed by atoms with Gasteiger partial charge in [0.1, 0.15) is 0 Å². The summed E-state index contributed by atoms with van der Waals surface area (Å²) in [5.74, 6) is 0. The Balaban J connectivity index is 0. The van der Waals surface area contributed by atoms with Gasteiger partial charge in [0.25, 0.3) is 0 Å². The van der Waals surface area contributed by atoms with E-state index in [2.05, 4.69) is 18.5 Å². The highest BCUT2D eigenvalue weighted by molar-refractivity contribution is 5.71. The standard InChI is InChI=1S/C9H15N.C2H6/c1-4-6-8-10-9(3)7-5-2;1-2/h4,6,8H,3,5,7H2,1-2H3;1-2H3/b6-4-,10-8?;. The minimum Gasteiger partial charge on any atom is -0.262 e. The van der Waals surface area contributed by atoms with Crippen molar-refractivity contribution in [3.63, 3.8) is 0 Å². The third kappa shape index (κ3) is 11.9. The van der Waals surface area contributed by atoms with E-state index in [1.165, 1.54) is 0 Å². The van der Waals surface area contributed by atoms with Crippen LogP contribution in [-0.2, 0) is 0 Å². The molecular formula is C11H21N. The summed E-state index contributed by atoms with van der Waals surface area (Å²) < 4.78 is 0. The SMILES string of the molecule is C=C(CCC)N=C/C=C\C.CC. The number of hydrogen-bond acceptors (Lipinski definition) is 1. The smallest absolute Gasteiger partial charge is 0.0331 e. The maximum Gasteiger partial charge on any atom is 0.0331 e. The second-order valence-corrected chi connectivity index (χ2v) is 2.12. The first kappa shape index (κ1) is 13.7. The van der Waals surface area contributed by atoms with Crippen LogP contribution < -0.4 is 0 Å². The number of nitrogens with zero attached hydrogens (tertiary/aromatic N) is 1. The van der Waals surface area contributed by atoms with Crippen LogP contribution in [-0.4, -0.2) is 6.21 Å². The molecule has 0 aromatic rings. The number of rotatable bonds is 4. The van der Waals surface area contributed by atoms with Crippen molar-refractivity contribution in [2.24, 2.45) is 4.99 Å². The van der Waals surface area contributed by atoms with E-state index in [9.17, 15) is 0 Å². The minimum absolute atomic E-state index is 0.959. The van der Waals surface area contributed by atoms with Gasteiger partial charge >= 0.3 is 0 Å². The lowest BCUT2D eigenvalue weighted by Gasteiger charge is -1.91. The lowest BCUT2D eigenvalue weighted by molar-refractivity contribution is 0.899. The molecule has 0 fully saturated rings. The van der Waals surface area contributed by atoms with Gasteiger partial charge in [0.2, 0.25) is 0 Å². The van der Waals surface area contributed by atoms with Gasteiger partial charge in [0.15, 0.2) is 0 Å². The Hall–Kier alpha value is -0.850. The molecule has 0 aromatic carbocycles. The van der Waals surface area contributed by atoms with Crippen LogP contribution >= 0.6 is 0 Å². The molecular weight excluding hydrogens is 146 g/mol. The molecule has 12 heavy (non-hydrogen) atoms. The van der Waals surface area contributed by atoms with Crippen molar-refractivity contribution in [2.45, 2.75) is 40.5 Å². The molecule has 0 rings (SSSR count). The molecule has 0 N–H and O–H groups in total. The van der Waals surface area contributed by atoms with Crippen LogP contribution in [0, 0.1) is 0 Å². The zero-order valence-electron chi connectivity index (χ0n) is 8.80. The molecule has 70 valence electrons. The highest BCUT2D eigenvalue weighted by Crippen LogP contribution is 2.01. The monoisotopic (exact) mass is 167 g/mol. The molecule has 1 nitrogen and oxygen atoms in total. The maximum atomic E-state index is 4.10. The topological polar surface area (TPSA) is 12.4 Å². The van der Waals surface area contributed by atoms with Gasteiger partial charge in [-0.05, 0) is 19.4 Å². The Kier molecular flexibility index (Phi) is 14.6. The van der Waals surface area contributed by atoms with Gasteiger partial charge in [-0.25, -0.2) is 0 Å². The molecule has 0 aromatic heterocycles. The van der Waals surface area contributed by atoms with E-state index in [1.54, 1.807) is 6.21 Å². The summed E-state index contributed by atoms with van der Waals surface area (Å²) in [6.45, 7) is 11.9. The quantitative estimate of drug-likeness (QED) is 0.562. The highest BCUT2D eigenvalue weighted by Gasteiger charge is 1.83. The molecule has 0 saturated heterocycles. The van der Waals surface area contributed by atoms with Crippen LogP contribution in [0.1, 0.15) is 40.5 Å². The van der Waals surface area contributed by atoms with Crippen molar-refractivity contribution in [3.05, 3.63) is 24.4 Å². The van der Waals surface area contributed by atoms with E-state index >= 15 is 0 Å². The van der Waals surface area contributed by atoms with Crippen molar-refractivity contribution in [1.82, 2.24) is 0 Å². The first-order valence-electron chi connectivity index (χ1n) is 4.64. The predicted octanol–water partition coefficient (Wildman–Crippen LogP) is 3.97. The van der Waals surface area contributed by atoms with Gasteiger partial charge in [-0.2, -0.15) is 0 Å². The van der Waals surface area contributed by atoms with Gasteiger partial charge in [-0.15, -0.1) is 0 Å². The van der Waals surface area contributed by atoms with Gasteiger partial charge in [0.05, 0.1) is 0 Å². The summed E-state index contributed by atoms with van der Waals surface area (Å²) in [5, 5.41) is 0. The molecule has 1 heteroatoms. The van der Waals surface area contributed by atoms with E-state index in [4.69, 9.17) is 0 Å². The number of allylic oxidation sites excluding steroid dienone is 3. The van der Waals surface area contributed by atoms with Crippen molar-refractivity contribution < 1.29 is 0 Å². The molecule has 0 saturated carbocycles. The number of hydrogen-bond donors (Lipinski definition) is 0. The maximum absolute atomic E-state index is 4.10. The number of aliphatic imine (C=N–C) groups is 1. The lowest BCUT2D eigenvalue weighted by atomic mass is 10.3. The molecule has 0 atom stereocenters. The molecule has 0 spiro atoms. The molecule has 0 bridgehead atoms. The van der Waals surface area contributed by atoms with Crippen LogP contribution in [0.4, 0.5) is 0 Å². The van der Waals surface area contributed by atoms with Crippen LogP contribution in [0.15, 0.2) is 29.4 Å². The van der Waals surface area contributed by atoms with E-state index in [0.29, 0.717) is 0 Å². The summed E-state index contributed by atoms with van der Waals surface area (Å²) >= 11 is 0. The van der Waals surface area contributed by atoms with Gasteiger partial charge < -0.3 is 0 Å². The van der Waals surface area contributed by atoms with E-state index in [0.717, 1.165) is 18.5 Å². The highest BCUT2D eigenvalue weighted by atomic mass is 14.7. The third-order valence-corrected chi connectivity index (χ3v) is 1.07. The van der Waals surface area contributed by atoms with E-state index < -0.39 is 0 Å². The van der Waals surface area contributed by atoms with Crippen LogP contribution in [0.2, 0.25) is 0 Å². The Morgan fingerprint density at radius 1 is 1.42 bits per heavy atom. The second kappa shape index (κ2) is 12.8. The summed E-state index contributed by atoms with van der Waals surface area (Å²) in [7, 11) is 0.